The number of nitrogens with zero attached hydrogens (tertiary/aromatic N) is 4. The minimum absolute atomic E-state index is 0.151. The lowest BCUT2D eigenvalue weighted by atomic mass is 9.95. The third kappa shape index (κ3) is 4.10. The molecule has 0 radical (unpaired) electrons. The van der Waals surface area contributed by atoms with E-state index in [1.165, 1.54) is 0 Å². The summed E-state index contributed by atoms with van der Waals surface area (Å²) in [5.74, 6) is 6.65. The summed E-state index contributed by atoms with van der Waals surface area (Å²) >= 11 is 0. The SMILES string of the molecule is Cn1cncc1C#Cc1ccc2c(c1)CCn1c-2cc(OCC2COCCO2)nc1=O. The summed E-state index contributed by atoms with van der Waals surface area (Å²) in [6.07, 6.45) is 4.07. The van der Waals surface area contributed by atoms with Crippen LogP contribution < -0.4 is 10.4 Å². The standard InChI is InChI=1S/C23H22N4O4/c1-26-15-24-12-18(26)4-2-16-3-5-20-17(10-16)6-7-27-21(20)11-22(25-23(27)28)31-14-19-13-29-8-9-30-19/h3,5,10-12,15,19H,6-9,13-14H2,1H3. The van der Waals surface area contributed by atoms with E-state index in [1.54, 1.807) is 17.1 Å². The van der Waals surface area contributed by atoms with Gasteiger partial charge in [-0.05, 0) is 30.0 Å². The molecule has 8 nitrogen and oxygen atoms in total. The molecule has 4 heterocycles. The molecule has 0 spiro atoms. The Hall–Kier alpha value is -3.41. The van der Waals surface area contributed by atoms with Crippen molar-refractivity contribution in [1.82, 2.24) is 19.1 Å². The Labute approximate surface area is 179 Å². The van der Waals surface area contributed by atoms with Crippen LogP contribution in [0.25, 0.3) is 11.3 Å². The van der Waals surface area contributed by atoms with E-state index in [-0.39, 0.29) is 11.8 Å². The van der Waals surface area contributed by atoms with Crippen molar-refractivity contribution in [3.8, 4) is 29.0 Å². The van der Waals surface area contributed by atoms with Gasteiger partial charge in [-0.15, -0.1) is 0 Å². The van der Waals surface area contributed by atoms with Crippen LogP contribution in [-0.2, 0) is 29.5 Å². The highest BCUT2D eigenvalue weighted by Crippen LogP contribution is 2.30. The van der Waals surface area contributed by atoms with Gasteiger partial charge in [0.15, 0.2) is 0 Å². The van der Waals surface area contributed by atoms with Gasteiger partial charge < -0.3 is 18.8 Å². The fourth-order valence-electron chi connectivity index (χ4n) is 3.78. The Morgan fingerprint density at radius 3 is 3.00 bits per heavy atom. The Bertz CT molecular complexity index is 1230. The van der Waals surface area contributed by atoms with Gasteiger partial charge in [0.05, 0.1) is 38.0 Å². The third-order valence-electron chi connectivity index (χ3n) is 5.43. The minimum atomic E-state index is -0.306. The topological polar surface area (TPSA) is 80.4 Å². The second-order valence-corrected chi connectivity index (χ2v) is 7.55. The van der Waals surface area contributed by atoms with Crippen LogP contribution in [0, 0.1) is 11.8 Å². The normalized spacial score (nSPS) is 17.3. The van der Waals surface area contributed by atoms with Crippen LogP contribution in [0.4, 0.5) is 0 Å². The average molecular weight is 418 g/mol. The molecule has 158 valence electrons. The molecule has 0 saturated carbocycles. The highest BCUT2D eigenvalue weighted by molar-refractivity contribution is 5.68. The summed E-state index contributed by atoms with van der Waals surface area (Å²) in [5.41, 5.74) is 4.43. The van der Waals surface area contributed by atoms with Gasteiger partial charge in [0.2, 0.25) is 5.88 Å². The second kappa shape index (κ2) is 8.38. The van der Waals surface area contributed by atoms with Crippen molar-refractivity contribution in [2.75, 3.05) is 26.4 Å². The molecular weight excluding hydrogens is 396 g/mol. The summed E-state index contributed by atoms with van der Waals surface area (Å²) < 4.78 is 20.3. The summed E-state index contributed by atoms with van der Waals surface area (Å²) in [6, 6.07) is 7.89. The van der Waals surface area contributed by atoms with E-state index in [9.17, 15) is 4.79 Å². The van der Waals surface area contributed by atoms with Crippen molar-refractivity contribution in [1.29, 1.82) is 0 Å². The van der Waals surface area contributed by atoms with Gasteiger partial charge in [0.25, 0.3) is 0 Å². The lowest BCUT2D eigenvalue weighted by Gasteiger charge is -2.24. The van der Waals surface area contributed by atoms with Gasteiger partial charge >= 0.3 is 5.69 Å². The molecule has 1 fully saturated rings. The zero-order valence-electron chi connectivity index (χ0n) is 17.2. The smallest absolute Gasteiger partial charge is 0.351 e. The van der Waals surface area contributed by atoms with Crippen LogP contribution in [0.2, 0.25) is 0 Å². The molecule has 2 aliphatic rings. The predicted octanol–water partition coefficient (Wildman–Crippen LogP) is 1.39. The monoisotopic (exact) mass is 418 g/mol. The summed E-state index contributed by atoms with van der Waals surface area (Å²) in [7, 11) is 1.92. The first kappa shape index (κ1) is 19.5. The fourth-order valence-corrected chi connectivity index (χ4v) is 3.78. The molecule has 31 heavy (non-hydrogen) atoms. The van der Waals surface area contributed by atoms with Crippen molar-refractivity contribution < 1.29 is 14.2 Å². The zero-order chi connectivity index (χ0) is 21.2. The van der Waals surface area contributed by atoms with E-state index >= 15 is 0 Å². The molecule has 0 amide bonds. The molecule has 2 aromatic heterocycles. The molecule has 8 heteroatoms. The molecule has 1 atom stereocenters. The molecule has 2 aliphatic heterocycles. The van der Waals surface area contributed by atoms with E-state index in [0.717, 1.165) is 34.5 Å². The van der Waals surface area contributed by atoms with Crippen LogP contribution in [-0.4, -0.2) is 51.6 Å². The summed E-state index contributed by atoms with van der Waals surface area (Å²) in [4.78, 5) is 20.7. The average Bonchev–Trinajstić information content (AvgIpc) is 3.21. The molecule has 0 N–H and O–H groups in total. The Morgan fingerprint density at radius 1 is 1.26 bits per heavy atom. The van der Waals surface area contributed by atoms with Gasteiger partial charge in [0, 0.05) is 30.8 Å². The lowest BCUT2D eigenvalue weighted by molar-refractivity contribution is -0.102. The summed E-state index contributed by atoms with van der Waals surface area (Å²) in [6.45, 7) is 2.50. The minimum Gasteiger partial charge on any atom is -0.475 e. The van der Waals surface area contributed by atoms with E-state index in [1.807, 2.05) is 29.8 Å². The molecule has 0 bridgehead atoms. The highest BCUT2D eigenvalue weighted by Gasteiger charge is 2.20. The molecule has 0 aliphatic carbocycles. The molecule has 1 unspecified atom stereocenters. The molecule has 1 aromatic carbocycles. The van der Waals surface area contributed by atoms with Gasteiger partial charge in [-0.2, -0.15) is 4.98 Å². The van der Waals surface area contributed by atoms with Crippen molar-refractivity contribution in [3.63, 3.8) is 0 Å². The maximum Gasteiger partial charge on any atom is 0.351 e. The number of aryl methyl sites for hydroxylation is 2. The van der Waals surface area contributed by atoms with Crippen molar-refractivity contribution in [3.05, 3.63) is 64.1 Å². The van der Waals surface area contributed by atoms with Gasteiger partial charge in [-0.3, -0.25) is 4.57 Å². The first-order valence-corrected chi connectivity index (χ1v) is 10.2. The van der Waals surface area contributed by atoms with E-state index in [4.69, 9.17) is 14.2 Å². The number of benzene rings is 1. The number of rotatable bonds is 3. The molecule has 3 aromatic rings. The number of hydrogen-bond acceptors (Lipinski definition) is 6. The first-order chi connectivity index (χ1) is 15.2. The predicted molar refractivity (Wildman–Crippen MR) is 113 cm³/mol. The highest BCUT2D eigenvalue weighted by atomic mass is 16.6. The quantitative estimate of drug-likeness (QED) is 0.598. The largest absolute Gasteiger partial charge is 0.475 e. The van der Waals surface area contributed by atoms with Crippen molar-refractivity contribution in [2.45, 2.75) is 19.1 Å². The Balaban J connectivity index is 1.41. The van der Waals surface area contributed by atoms with E-state index < -0.39 is 0 Å². The van der Waals surface area contributed by atoms with Crippen LogP contribution >= 0.6 is 0 Å². The number of ether oxygens (including phenoxy) is 3. The first-order valence-electron chi connectivity index (χ1n) is 10.2. The van der Waals surface area contributed by atoms with Gasteiger partial charge in [-0.1, -0.05) is 12.0 Å². The molecule has 5 rings (SSSR count). The Morgan fingerprint density at radius 2 is 2.19 bits per heavy atom. The number of imidazole rings is 1. The number of aromatic nitrogens is 4. The van der Waals surface area contributed by atoms with Crippen LogP contribution in [0.5, 0.6) is 5.88 Å². The summed E-state index contributed by atoms with van der Waals surface area (Å²) in [5, 5.41) is 0. The second-order valence-electron chi connectivity index (χ2n) is 7.55. The van der Waals surface area contributed by atoms with Gasteiger partial charge in [-0.25, -0.2) is 9.78 Å². The third-order valence-corrected chi connectivity index (χ3v) is 5.43. The fraction of sp³-hybridized carbons (Fsp3) is 0.348. The van der Waals surface area contributed by atoms with Gasteiger partial charge in [0.1, 0.15) is 18.4 Å². The van der Waals surface area contributed by atoms with Crippen molar-refractivity contribution in [2.24, 2.45) is 7.05 Å². The van der Waals surface area contributed by atoms with Crippen LogP contribution in [0.15, 0.2) is 41.6 Å². The Kier molecular flexibility index (Phi) is 5.28. The van der Waals surface area contributed by atoms with E-state index in [2.05, 4.69) is 27.9 Å². The molecule has 1 saturated heterocycles. The van der Waals surface area contributed by atoms with Crippen LogP contribution in [0.1, 0.15) is 16.8 Å². The number of hydrogen-bond donors (Lipinski definition) is 0. The molecular formula is C23H22N4O4. The maximum atomic E-state index is 12.6. The maximum absolute atomic E-state index is 12.6. The zero-order valence-corrected chi connectivity index (χ0v) is 17.2. The number of fused-ring (bicyclic) bond motifs is 3. The van der Waals surface area contributed by atoms with E-state index in [0.29, 0.717) is 38.9 Å². The lowest BCUT2D eigenvalue weighted by Crippen LogP contribution is -2.34. The van der Waals surface area contributed by atoms with Crippen LogP contribution in [0.3, 0.4) is 0 Å². The van der Waals surface area contributed by atoms with Crippen molar-refractivity contribution >= 4 is 0 Å².